The van der Waals surface area contributed by atoms with E-state index in [0.29, 0.717) is 5.56 Å². The van der Waals surface area contributed by atoms with Crippen molar-refractivity contribution in [2.24, 2.45) is 7.05 Å². The highest BCUT2D eigenvalue weighted by molar-refractivity contribution is 5.79. The highest BCUT2D eigenvalue weighted by atomic mass is 16.3. The molecule has 0 bridgehead atoms. The van der Waals surface area contributed by atoms with Crippen LogP contribution in [0.5, 0.6) is 0 Å². The van der Waals surface area contributed by atoms with Gasteiger partial charge < -0.3 is 9.67 Å². The van der Waals surface area contributed by atoms with Crippen molar-refractivity contribution in [3.8, 4) is 0 Å². The van der Waals surface area contributed by atoms with E-state index in [4.69, 9.17) is 0 Å². The zero-order valence-corrected chi connectivity index (χ0v) is 10.2. The van der Waals surface area contributed by atoms with Gasteiger partial charge in [-0.25, -0.2) is 0 Å². The molecule has 0 aliphatic heterocycles. The first-order valence-corrected chi connectivity index (χ1v) is 5.88. The standard InChI is InChI=1S/C14H17NO2/c1-3-10(9-16)12-8-11-6-4-5-7-13(11)15(2)14(12)17/h4-8,10,16H,3,9H2,1-2H3. The average Bonchev–Trinajstić information content (AvgIpc) is 2.37. The molecule has 17 heavy (non-hydrogen) atoms. The van der Waals surface area contributed by atoms with Crippen LogP contribution in [0.25, 0.3) is 10.9 Å². The lowest BCUT2D eigenvalue weighted by molar-refractivity contribution is 0.261. The van der Waals surface area contributed by atoms with Gasteiger partial charge in [-0.05, 0) is 23.9 Å². The van der Waals surface area contributed by atoms with Gasteiger partial charge in [0.25, 0.3) is 5.56 Å². The second-order valence-corrected chi connectivity index (χ2v) is 4.31. The van der Waals surface area contributed by atoms with Crippen LogP contribution in [0.4, 0.5) is 0 Å². The van der Waals surface area contributed by atoms with E-state index in [0.717, 1.165) is 17.3 Å². The number of nitrogens with zero attached hydrogens (tertiary/aromatic N) is 1. The van der Waals surface area contributed by atoms with Gasteiger partial charge in [-0.15, -0.1) is 0 Å². The number of aryl methyl sites for hydroxylation is 1. The van der Waals surface area contributed by atoms with Gasteiger partial charge in [0.05, 0.1) is 12.1 Å². The van der Waals surface area contributed by atoms with Crippen LogP contribution < -0.4 is 5.56 Å². The quantitative estimate of drug-likeness (QED) is 0.878. The first kappa shape index (κ1) is 11.9. The van der Waals surface area contributed by atoms with Gasteiger partial charge in [0.1, 0.15) is 0 Å². The molecular formula is C14H17NO2. The molecule has 0 saturated carbocycles. The molecule has 3 nitrogen and oxygen atoms in total. The molecule has 0 aliphatic carbocycles. The summed E-state index contributed by atoms with van der Waals surface area (Å²) in [5.41, 5.74) is 1.62. The van der Waals surface area contributed by atoms with E-state index < -0.39 is 0 Å². The fourth-order valence-electron chi connectivity index (χ4n) is 2.19. The minimum atomic E-state index is -0.0710. The number of benzene rings is 1. The molecule has 1 aromatic heterocycles. The van der Waals surface area contributed by atoms with Crippen molar-refractivity contribution in [1.29, 1.82) is 0 Å². The fourth-order valence-corrected chi connectivity index (χ4v) is 2.19. The zero-order chi connectivity index (χ0) is 12.4. The van der Waals surface area contributed by atoms with E-state index in [9.17, 15) is 9.90 Å². The second-order valence-electron chi connectivity index (χ2n) is 4.31. The molecule has 2 aromatic rings. The first-order valence-electron chi connectivity index (χ1n) is 5.88. The van der Waals surface area contributed by atoms with Crippen LogP contribution in [0.2, 0.25) is 0 Å². The minimum Gasteiger partial charge on any atom is -0.396 e. The Kier molecular flexibility index (Phi) is 3.29. The Morgan fingerprint density at radius 2 is 2.06 bits per heavy atom. The molecule has 1 N–H and O–H groups in total. The molecule has 2 rings (SSSR count). The van der Waals surface area contributed by atoms with Crippen LogP contribution >= 0.6 is 0 Å². The predicted molar refractivity (Wildman–Crippen MR) is 69.3 cm³/mol. The Morgan fingerprint density at radius 1 is 1.35 bits per heavy atom. The first-order chi connectivity index (χ1) is 8.19. The summed E-state index contributed by atoms with van der Waals surface area (Å²) < 4.78 is 1.66. The molecule has 90 valence electrons. The number of aliphatic hydroxyl groups excluding tert-OH is 1. The summed E-state index contributed by atoms with van der Waals surface area (Å²) in [7, 11) is 1.78. The fraction of sp³-hybridized carbons (Fsp3) is 0.357. The lowest BCUT2D eigenvalue weighted by Crippen LogP contribution is -2.24. The molecule has 0 aliphatic rings. The van der Waals surface area contributed by atoms with Crippen LogP contribution in [0.15, 0.2) is 35.1 Å². The highest BCUT2D eigenvalue weighted by Crippen LogP contribution is 2.20. The lowest BCUT2D eigenvalue weighted by Gasteiger charge is -2.14. The minimum absolute atomic E-state index is 0.00963. The maximum Gasteiger partial charge on any atom is 0.254 e. The van der Waals surface area contributed by atoms with E-state index in [1.807, 2.05) is 37.3 Å². The van der Waals surface area contributed by atoms with Crippen molar-refractivity contribution >= 4 is 10.9 Å². The number of rotatable bonds is 3. The Morgan fingerprint density at radius 3 is 2.71 bits per heavy atom. The van der Waals surface area contributed by atoms with Gasteiger partial charge in [-0.3, -0.25) is 4.79 Å². The number of aromatic nitrogens is 1. The molecule has 3 heteroatoms. The summed E-state index contributed by atoms with van der Waals surface area (Å²) in [6.45, 7) is 2.00. The van der Waals surface area contributed by atoms with Crippen LogP contribution in [-0.2, 0) is 7.05 Å². The highest BCUT2D eigenvalue weighted by Gasteiger charge is 2.14. The molecular weight excluding hydrogens is 214 g/mol. The lowest BCUT2D eigenvalue weighted by atomic mass is 9.97. The molecule has 1 aromatic carbocycles. The smallest absolute Gasteiger partial charge is 0.254 e. The number of hydrogen-bond acceptors (Lipinski definition) is 2. The number of para-hydroxylation sites is 1. The summed E-state index contributed by atoms with van der Waals surface area (Å²) in [4.78, 5) is 12.2. The molecule has 0 radical (unpaired) electrons. The van der Waals surface area contributed by atoms with Crippen LogP contribution in [0.3, 0.4) is 0 Å². The van der Waals surface area contributed by atoms with Gasteiger partial charge >= 0.3 is 0 Å². The summed E-state index contributed by atoms with van der Waals surface area (Å²) in [5.74, 6) is -0.0710. The van der Waals surface area contributed by atoms with Gasteiger partial charge in [-0.1, -0.05) is 25.1 Å². The Labute approximate surface area is 100 Å². The van der Waals surface area contributed by atoms with Crippen molar-refractivity contribution in [3.63, 3.8) is 0 Å². The second kappa shape index (κ2) is 4.72. The molecule has 0 spiro atoms. The van der Waals surface area contributed by atoms with Crippen molar-refractivity contribution in [3.05, 3.63) is 46.2 Å². The Balaban J connectivity index is 2.74. The third-order valence-electron chi connectivity index (χ3n) is 3.31. The van der Waals surface area contributed by atoms with Gasteiger partial charge in [0, 0.05) is 18.5 Å². The van der Waals surface area contributed by atoms with E-state index in [2.05, 4.69) is 0 Å². The van der Waals surface area contributed by atoms with E-state index in [-0.39, 0.29) is 18.1 Å². The molecule has 0 fully saturated rings. The van der Waals surface area contributed by atoms with E-state index >= 15 is 0 Å². The monoisotopic (exact) mass is 231 g/mol. The zero-order valence-electron chi connectivity index (χ0n) is 10.2. The normalized spacial score (nSPS) is 12.9. The topological polar surface area (TPSA) is 42.2 Å². The van der Waals surface area contributed by atoms with Gasteiger partial charge in [-0.2, -0.15) is 0 Å². The molecule has 0 amide bonds. The van der Waals surface area contributed by atoms with E-state index in [1.54, 1.807) is 11.6 Å². The molecule has 1 heterocycles. The van der Waals surface area contributed by atoms with Gasteiger partial charge in [0.15, 0.2) is 0 Å². The van der Waals surface area contributed by atoms with Gasteiger partial charge in [0.2, 0.25) is 0 Å². The van der Waals surface area contributed by atoms with Crippen molar-refractivity contribution in [2.75, 3.05) is 6.61 Å². The van der Waals surface area contributed by atoms with Crippen LogP contribution in [0, 0.1) is 0 Å². The largest absolute Gasteiger partial charge is 0.396 e. The predicted octanol–water partition coefficient (Wildman–Crippen LogP) is 2.02. The van der Waals surface area contributed by atoms with Crippen molar-refractivity contribution in [2.45, 2.75) is 19.3 Å². The summed E-state index contributed by atoms with van der Waals surface area (Å²) in [5, 5.41) is 10.4. The molecule has 0 saturated heterocycles. The molecule has 1 atom stereocenters. The number of aliphatic hydroxyl groups is 1. The Bertz CT molecular complexity index is 582. The van der Waals surface area contributed by atoms with Crippen molar-refractivity contribution in [1.82, 2.24) is 4.57 Å². The van der Waals surface area contributed by atoms with E-state index in [1.165, 1.54) is 0 Å². The van der Waals surface area contributed by atoms with Crippen LogP contribution in [0.1, 0.15) is 24.8 Å². The number of fused-ring (bicyclic) bond motifs is 1. The SMILES string of the molecule is CCC(CO)c1cc2ccccc2n(C)c1=O. The third kappa shape index (κ3) is 1.98. The summed E-state index contributed by atoms with van der Waals surface area (Å²) >= 11 is 0. The number of hydrogen-bond donors (Lipinski definition) is 1. The van der Waals surface area contributed by atoms with Crippen LogP contribution in [-0.4, -0.2) is 16.3 Å². The maximum absolute atomic E-state index is 12.2. The summed E-state index contributed by atoms with van der Waals surface area (Å²) in [6.07, 6.45) is 0.768. The third-order valence-corrected chi connectivity index (χ3v) is 3.31. The summed E-state index contributed by atoms with van der Waals surface area (Å²) in [6, 6.07) is 9.70. The maximum atomic E-state index is 12.2. The number of pyridine rings is 1. The van der Waals surface area contributed by atoms with Crippen molar-refractivity contribution < 1.29 is 5.11 Å². The molecule has 1 unspecified atom stereocenters. The average molecular weight is 231 g/mol. The Hall–Kier alpha value is -1.61.